The van der Waals surface area contributed by atoms with E-state index in [0.717, 1.165) is 11.3 Å². The SMILES string of the molecule is CCOc1ccc(C(=O)Nc2cccc(C(N)=S)c2)cc1. The van der Waals surface area contributed by atoms with Gasteiger partial charge in [-0.05, 0) is 43.3 Å². The van der Waals surface area contributed by atoms with Gasteiger partial charge in [0.15, 0.2) is 0 Å². The van der Waals surface area contributed by atoms with Crippen LogP contribution < -0.4 is 15.8 Å². The van der Waals surface area contributed by atoms with E-state index in [2.05, 4.69) is 5.32 Å². The molecule has 0 fully saturated rings. The topological polar surface area (TPSA) is 64.3 Å². The minimum Gasteiger partial charge on any atom is -0.494 e. The first-order valence-corrected chi connectivity index (χ1v) is 6.95. The Kier molecular flexibility index (Phi) is 4.90. The third-order valence-corrected chi connectivity index (χ3v) is 3.07. The highest BCUT2D eigenvalue weighted by atomic mass is 32.1. The summed E-state index contributed by atoms with van der Waals surface area (Å²) in [6, 6.07) is 14.1. The van der Waals surface area contributed by atoms with Crippen molar-refractivity contribution in [3.05, 3.63) is 59.7 Å². The molecule has 0 unspecified atom stereocenters. The van der Waals surface area contributed by atoms with Gasteiger partial charge in [-0.2, -0.15) is 0 Å². The van der Waals surface area contributed by atoms with Crippen LogP contribution in [0.3, 0.4) is 0 Å². The standard InChI is InChI=1S/C16H16N2O2S/c1-2-20-14-8-6-11(7-9-14)16(19)18-13-5-3-4-12(10-13)15(17)21/h3-10H,2H2,1H3,(H2,17,21)(H,18,19). The fraction of sp³-hybridized carbons (Fsp3) is 0.125. The van der Waals surface area contributed by atoms with E-state index in [1.165, 1.54) is 0 Å². The maximum absolute atomic E-state index is 12.1. The summed E-state index contributed by atoms with van der Waals surface area (Å²) in [5.74, 6) is 0.544. The fourth-order valence-corrected chi connectivity index (χ4v) is 1.95. The predicted octanol–water partition coefficient (Wildman–Crippen LogP) is 2.97. The highest BCUT2D eigenvalue weighted by Gasteiger charge is 2.07. The number of thiocarbonyl (C=S) groups is 1. The highest BCUT2D eigenvalue weighted by Crippen LogP contribution is 2.15. The Hall–Kier alpha value is -2.40. The number of nitrogens with two attached hydrogens (primary N) is 1. The molecule has 0 heterocycles. The lowest BCUT2D eigenvalue weighted by molar-refractivity contribution is 0.102. The minimum absolute atomic E-state index is 0.196. The van der Waals surface area contributed by atoms with E-state index in [0.29, 0.717) is 22.8 Å². The molecule has 0 saturated carbocycles. The summed E-state index contributed by atoms with van der Waals surface area (Å²) in [6.45, 7) is 2.51. The molecule has 2 aromatic rings. The maximum Gasteiger partial charge on any atom is 0.255 e. The predicted molar refractivity (Wildman–Crippen MR) is 87.9 cm³/mol. The number of nitrogens with one attached hydrogen (secondary N) is 1. The van der Waals surface area contributed by atoms with E-state index < -0.39 is 0 Å². The molecule has 0 atom stereocenters. The Morgan fingerprint density at radius 2 is 1.90 bits per heavy atom. The number of carbonyl (C=O) groups excluding carboxylic acids is 1. The number of hydrogen-bond donors (Lipinski definition) is 2. The van der Waals surface area contributed by atoms with Crippen LogP contribution in [0.2, 0.25) is 0 Å². The molecule has 3 N–H and O–H groups in total. The second-order valence-corrected chi connectivity index (χ2v) is 4.80. The molecule has 2 rings (SSSR count). The molecule has 0 aliphatic heterocycles. The lowest BCUT2D eigenvalue weighted by Gasteiger charge is -2.08. The molecule has 2 aromatic carbocycles. The van der Waals surface area contributed by atoms with Crippen LogP contribution in [-0.4, -0.2) is 17.5 Å². The Morgan fingerprint density at radius 3 is 2.52 bits per heavy atom. The van der Waals surface area contributed by atoms with Crippen LogP contribution in [0, 0.1) is 0 Å². The van der Waals surface area contributed by atoms with Crippen molar-refractivity contribution in [2.24, 2.45) is 5.73 Å². The highest BCUT2D eigenvalue weighted by molar-refractivity contribution is 7.80. The fourth-order valence-electron chi connectivity index (χ4n) is 1.82. The van der Waals surface area contributed by atoms with Gasteiger partial charge >= 0.3 is 0 Å². The lowest BCUT2D eigenvalue weighted by Crippen LogP contribution is -2.13. The molecule has 0 spiro atoms. The van der Waals surface area contributed by atoms with Crippen molar-refractivity contribution in [2.75, 3.05) is 11.9 Å². The van der Waals surface area contributed by atoms with E-state index in [1.807, 2.05) is 6.92 Å². The van der Waals surface area contributed by atoms with Crippen LogP contribution in [0.5, 0.6) is 5.75 Å². The van der Waals surface area contributed by atoms with E-state index in [1.54, 1.807) is 48.5 Å². The zero-order valence-corrected chi connectivity index (χ0v) is 12.4. The summed E-state index contributed by atoms with van der Waals surface area (Å²) in [5.41, 5.74) is 7.50. The smallest absolute Gasteiger partial charge is 0.255 e. The van der Waals surface area contributed by atoms with Crippen LogP contribution in [0.15, 0.2) is 48.5 Å². The number of carbonyl (C=O) groups is 1. The molecule has 108 valence electrons. The molecule has 5 heteroatoms. The van der Waals surface area contributed by atoms with Gasteiger partial charge in [0.05, 0.1) is 6.61 Å². The summed E-state index contributed by atoms with van der Waals surface area (Å²) in [4.78, 5) is 12.4. The maximum atomic E-state index is 12.1. The molecular formula is C16H16N2O2S. The molecular weight excluding hydrogens is 284 g/mol. The molecule has 4 nitrogen and oxygen atoms in total. The Bertz CT molecular complexity index is 654. The van der Waals surface area contributed by atoms with Gasteiger partial charge in [-0.3, -0.25) is 4.79 Å². The molecule has 0 aliphatic rings. The monoisotopic (exact) mass is 300 g/mol. The van der Waals surface area contributed by atoms with E-state index >= 15 is 0 Å². The van der Waals surface area contributed by atoms with Crippen molar-refractivity contribution in [1.82, 2.24) is 0 Å². The van der Waals surface area contributed by atoms with Gasteiger partial charge in [0, 0.05) is 16.8 Å². The minimum atomic E-state index is -0.196. The van der Waals surface area contributed by atoms with Crippen LogP contribution in [0.4, 0.5) is 5.69 Å². The van der Waals surface area contributed by atoms with Gasteiger partial charge in [-0.1, -0.05) is 24.4 Å². The molecule has 1 amide bonds. The van der Waals surface area contributed by atoms with Gasteiger partial charge in [0.2, 0.25) is 0 Å². The van der Waals surface area contributed by atoms with Crippen molar-refractivity contribution >= 4 is 28.8 Å². The molecule has 0 aromatic heterocycles. The molecule has 0 aliphatic carbocycles. The number of benzene rings is 2. The molecule has 0 radical (unpaired) electrons. The van der Waals surface area contributed by atoms with Gasteiger partial charge in [0.25, 0.3) is 5.91 Å². The van der Waals surface area contributed by atoms with Crippen LogP contribution >= 0.6 is 12.2 Å². The van der Waals surface area contributed by atoms with Crippen molar-refractivity contribution in [3.63, 3.8) is 0 Å². The van der Waals surface area contributed by atoms with E-state index in [4.69, 9.17) is 22.7 Å². The number of amides is 1. The molecule has 0 saturated heterocycles. The number of anilines is 1. The van der Waals surface area contributed by atoms with E-state index in [9.17, 15) is 4.79 Å². The van der Waals surface area contributed by atoms with Gasteiger partial charge in [0.1, 0.15) is 10.7 Å². The summed E-state index contributed by atoms with van der Waals surface area (Å²) >= 11 is 4.92. The Labute approximate surface area is 128 Å². The average Bonchev–Trinajstić information content (AvgIpc) is 2.48. The average molecular weight is 300 g/mol. The number of hydrogen-bond acceptors (Lipinski definition) is 3. The quantitative estimate of drug-likeness (QED) is 0.833. The summed E-state index contributed by atoms with van der Waals surface area (Å²) in [7, 11) is 0. The first-order valence-electron chi connectivity index (χ1n) is 6.54. The zero-order chi connectivity index (χ0) is 15.2. The number of rotatable bonds is 5. The van der Waals surface area contributed by atoms with Crippen LogP contribution in [0.1, 0.15) is 22.8 Å². The normalized spacial score (nSPS) is 9.95. The van der Waals surface area contributed by atoms with Gasteiger partial charge in [-0.15, -0.1) is 0 Å². The largest absolute Gasteiger partial charge is 0.494 e. The summed E-state index contributed by atoms with van der Waals surface area (Å²) < 4.78 is 5.34. The van der Waals surface area contributed by atoms with Crippen molar-refractivity contribution in [2.45, 2.75) is 6.92 Å². The second kappa shape index (κ2) is 6.85. The summed E-state index contributed by atoms with van der Waals surface area (Å²) in [6.07, 6.45) is 0. The van der Waals surface area contributed by atoms with Crippen LogP contribution in [0.25, 0.3) is 0 Å². The van der Waals surface area contributed by atoms with Gasteiger partial charge < -0.3 is 15.8 Å². The lowest BCUT2D eigenvalue weighted by atomic mass is 10.1. The Balaban J connectivity index is 2.10. The number of ether oxygens (including phenoxy) is 1. The van der Waals surface area contributed by atoms with Crippen molar-refractivity contribution in [3.8, 4) is 5.75 Å². The Morgan fingerprint density at radius 1 is 1.19 bits per heavy atom. The van der Waals surface area contributed by atoms with Crippen molar-refractivity contribution < 1.29 is 9.53 Å². The van der Waals surface area contributed by atoms with Gasteiger partial charge in [-0.25, -0.2) is 0 Å². The molecule has 0 bridgehead atoms. The first-order chi connectivity index (χ1) is 10.1. The zero-order valence-electron chi connectivity index (χ0n) is 11.6. The third kappa shape index (κ3) is 4.03. The van der Waals surface area contributed by atoms with E-state index in [-0.39, 0.29) is 5.91 Å². The van der Waals surface area contributed by atoms with Crippen LogP contribution in [-0.2, 0) is 0 Å². The first kappa shape index (κ1) is 15.0. The third-order valence-electron chi connectivity index (χ3n) is 2.83. The van der Waals surface area contributed by atoms with Crippen molar-refractivity contribution in [1.29, 1.82) is 0 Å². The summed E-state index contributed by atoms with van der Waals surface area (Å²) in [5, 5.41) is 2.81. The molecule has 21 heavy (non-hydrogen) atoms. The second-order valence-electron chi connectivity index (χ2n) is 4.36.